The smallest absolute Gasteiger partial charge is 0.335 e. The standard InChI is InChI=1S/C25H26N3O3.C23H20N3O2.C15H22N2O2.C11H8INO.C10H6NO2.C9H9NO3.C2H3O.5Y/c1-2-31-25(30)19-11-13-22(27-20-8-4-3-5-9-20)23(16-19)28-24(29)18-10-12-21-17(15-18)7-6-14-26-21;27-23(28)17-9-11-21-20(14-17)25-22(26(21)18-6-2-1-3-7-18)16-8-10-19-15(13-16)5-4-12-24-19;1-2-19-15(18)11-8-9-14(13(16)10-11)17-12-6-4-3-5-7-12;1-12-11(14)9-4-5-10-8(7-9)3-2-6-13-10;12-10(13)8-3-4-9-7(6-8)2-1-5-11-9;1-13-9(12)6-2-3-8(10)7(4-6)5-11;1-2-3;;;;;/h6-7,10-13,15-16,20,27H,2-5,8-9H2,1H3,(H,28,29);4-5,8-11,13-14,18H,1-3,6-7H2,(H,27,28);8-10,12,17H,2-7,16H2,1H3;2-5,7H,1H3;1-4,6H,(H,12,13);2-5H,10H2,1H3;1H3;;;;;/q2*-1;;-2;-1;;-1;;;;;. The van der Waals surface area contributed by atoms with Crippen molar-refractivity contribution in [1.82, 2.24) is 29.5 Å². The fourth-order valence-corrected chi connectivity index (χ4v) is 15.0. The molecule has 0 aliphatic heterocycles. The summed E-state index contributed by atoms with van der Waals surface area (Å²) >= 11 is -0.358. The van der Waals surface area contributed by atoms with E-state index in [-0.39, 0.29) is 212 Å². The number of aromatic carboxylic acids is 2. The number of nitrogens with zero attached hydrogens (tertiary/aromatic N) is 6. The molecule has 13 aromatic rings. The van der Waals surface area contributed by atoms with Crippen molar-refractivity contribution < 1.29 is 252 Å². The van der Waals surface area contributed by atoms with Gasteiger partial charge < -0.3 is 76.2 Å². The van der Waals surface area contributed by atoms with Crippen molar-refractivity contribution in [2.45, 2.75) is 135 Å². The molecule has 3 aliphatic carbocycles. The topological polar surface area (TPSA) is 379 Å². The van der Waals surface area contributed by atoms with Gasteiger partial charge in [-0.15, -0.1) is 16.2 Å². The quantitative estimate of drug-likeness (QED) is 0.00613. The molecule has 0 saturated heterocycles. The molecule has 3 aliphatic rings. The summed E-state index contributed by atoms with van der Waals surface area (Å²) in [6.45, 7) is 5.55. The van der Waals surface area contributed by atoms with Crippen LogP contribution in [0.25, 0.3) is 66.0 Å². The van der Waals surface area contributed by atoms with E-state index in [4.69, 9.17) is 35.8 Å². The van der Waals surface area contributed by atoms with Crippen LogP contribution in [-0.4, -0.2) is 129 Å². The Morgan fingerprint density at radius 3 is 1.37 bits per heavy atom. The molecule has 1 amide bonds. The first kappa shape index (κ1) is 109. The first-order valence-corrected chi connectivity index (χ1v) is 43.0. The molecular weight excluding hydrogens is 2090 g/mol. The van der Waals surface area contributed by atoms with Gasteiger partial charge in [-0.3, -0.25) is 15.9 Å². The van der Waals surface area contributed by atoms with Crippen LogP contribution in [0.1, 0.15) is 206 Å². The number of carboxylic acid groups (broad SMARTS) is 2. The average Bonchev–Trinajstić information content (AvgIpc) is 1.61. The second kappa shape index (κ2) is 56.6. The second-order valence-corrected chi connectivity index (χ2v) is 30.4. The van der Waals surface area contributed by atoms with Crippen LogP contribution in [-0.2, 0) is 183 Å². The van der Waals surface area contributed by atoms with Crippen molar-refractivity contribution in [3.05, 3.63) is 263 Å². The Kier molecular flexibility index (Phi) is 48.8. The van der Waals surface area contributed by atoms with E-state index in [2.05, 4.69) is 76.0 Å². The number of nitrogen functional groups attached to an aromatic ring is 2. The Morgan fingerprint density at radius 1 is 0.476 bits per heavy atom. The molecule has 8 aromatic carbocycles. The van der Waals surface area contributed by atoms with Crippen LogP contribution in [0.3, 0.4) is 0 Å². The average molecular weight is 2190 g/mol. The number of carbonyl (C=O) groups excluding carboxylic acids is 7. The molecular formula is C95H94IN11O14Y5-6. The monoisotopic (exact) mass is 2180 g/mol. The minimum atomic E-state index is -0.927. The van der Waals surface area contributed by atoms with Crippen LogP contribution >= 0.6 is 0 Å². The van der Waals surface area contributed by atoms with Gasteiger partial charge in [0.15, 0.2) is 6.29 Å². The fraction of sp³-hybridized carbons (Fsp3) is 0.263. The number of nitrogens with one attached hydrogen (secondary N) is 3. The number of rotatable bonds is 18. The number of nitrogens with two attached hydrogens (primary N) is 2. The molecule has 16 rings (SSSR count). The van der Waals surface area contributed by atoms with E-state index >= 15 is 0 Å². The fourth-order valence-electron chi connectivity index (χ4n) is 14.1. The van der Waals surface area contributed by atoms with Gasteiger partial charge in [0.25, 0.3) is 5.91 Å². The molecule has 0 unspecified atom stereocenters. The Labute approximate surface area is 868 Å². The number of benzene rings is 8. The number of halogens is 1. The third-order valence-electron chi connectivity index (χ3n) is 20.1. The third-order valence-corrected chi connectivity index (χ3v) is 21.8. The molecule has 25 nitrogen and oxygen atoms in total. The van der Waals surface area contributed by atoms with Crippen LogP contribution in [0.4, 0.5) is 28.4 Å². The largest absolute Gasteiger partial charge is 0.478 e. The van der Waals surface area contributed by atoms with Gasteiger partial charge in [-0.2, -0.15) is 43.3 Å². The van der Waals surface area contributed by atoms with Gasteiger partial charge in [0.1, 0.15) is 5.82 Å². The second-order valence-electron chi connectivity index (χ2n) is 28.3. The van der Waals surface area contributed by atoms with Gasteiger partial charge in [0, 0.05) is 204 Å². The van der Waals surface area contributed by atoms with Crippen LogP contribution in [0.15, 0.2) is 194 Å². The van der Waals surface area contributed by atoms with Gasteiger partial charge in [-0.25, -0.2) is 29.0 Å². The van der Waals surface area contributed by atoms with Crippen molar-refractivity contribution >= 4 is 135 Å². The normalized spacial score (nSPS) is 12.6. The van der Waals surface area contributed by atoms with Crippen LogP contribution < -0.4 is 48.6 Å². The molecule has 5 heterocycles. The number of methoxy groups -OCH3 is 1. The van der Waals surface area contributed by atoms with Crippen LogP contribution in [0, 0.1) is 24.8 Å². The minimum Gasteiger partial charge on any atom is -0.478 e. The van der Waals surface area contributed by atoms with Crippen molar-refractivity contribution in [2.75, 3.05) is 52.7 Å². The molecule has 0 bridgehead atoms. The number of pyridine rings is 4. The zero-order valence-corrected chi connectivity index (χ0v) is 87.1. The maximum absolute atomic E-state index is 13.0. The van der Waals surface area contributed by atoms with Gasteiger partial charge in [0.2, 0.25) is 0 Å². The Balaban J connectivity index is 0.000000273. The number of carboxylic acids is 2. The zero-order chi connectivity index (χ0) is 86.2. The molecule has 126 heavy (non-hydrogen) atoms. The number of anilines is 5. The maximum Gasteiger partial charge on any atom is 0.335 e. The van der Waals surface area contributed by atoms with E-state index in [1.807, 2.05) is 77.7 Å². The third kappa shape index (κ3) is 31.8. The number of imidazole rings is 1. The predicted octanol–water partition coefficient (Wildman–Crippen LogP) is 15.3. The van der Waals surface area contributed by atoms with E-state index in [1.165, 1.54) is 115 Å². The van der Waals surface area contributed by atoms with Crippen molar-refractivity contribution in [3.63, 3.8) is 0 Å². The number of hydrogen-bond donors (Lipinski definition) is 7. The zero-order valence-electron chi connectivity index (χ0n) is 70.7. The number of fused-ring (bicyclic) bond motifs is 5. The molecule has 5 aromatic heterocycles. The summed E-state index contributed by atoms with van der Waals surface area (Å²) in [5.41, 5.74) is 24.2. The van der Waals surface area contributed by atoms with E-state index in [0.717, 1.165) is 109 Å². The number of hydrogen-bond acceptors (Lipinski definition) is 21. The summed E-state index contributed by atoms with van der Waals surface area (Å²) in [6.07, 6.45) is 31.3. The number of aromatic nitrogens is 6. The predicted molar refractivity (Wildman–Crippen MR) is 464 cm³/mol. The molecule has 5 radical (unpaired) electrons. The summed E-state index contributed by atoms with van der Waals surface area (Å²) < 4.78 is 17.2. The van der Waals surface area contributed by atoms with Crippen LogP contribution in [0.5, 0.6) is 0 Å². The van der Waals surface area contributed by atoms with Crippen LogP contribution in [0.2, 0.25) is 0 Å². The summed E-state index contributed by atoms with van der Waals surface area (Å²) in [7, 11) is 1.28. The first-order valence-electron chi connectivity index (χ1n) is 39.8. The van der Waals surface area contributed by atoms with E-state index in [1.54, 1.807) is 105 Å². The Hall–Kier alpha value is -7.85. The van der Waals surface area contributed by atoms with Crippen molar-refractivity contribution in [1.29, 1.82) is 0 Å². The van der Waals surface area contributed by atoms with E-state index in [9.17, 15) is 43.5 Å². The molecule has 31 heteroatoms. The summed E-state index contributed by atoms with van der Waals surface area (Å²) in [5, 5.41) is 31.8. The van der Waals surface area contributed by atoms with E-state index in [0.29, 0.717) is 82.5 Å². The Bertz CT molecular complexity index is 5830. The SMILES string of the molecule is CCOC(=O)c1ccc(NC2CCCCC2)c(N)c1.CCOC(=O)c1ccc(NC2CCCCC2)c(NC(=O)c2ccc3n[c-]ccc3c2)c1.COC(=O)c1ccc(N)c(C=O)c1.C[C-]=O.C[I-]C(=O)c1ccc2n[c-]ccc2c1.O=C(O)c1ccc2c(c1)nc(-c1ccc3n[c-]ccc3c1)n2C1CCCCC1.O=C(O)c1ccc2n[c-]ccc2c1.[Y].[Y].[Y].[Y].[Y]. The van der Waals surface area contributed by atoms with Gasteiger partial charge in [0.05, 0.1) is 81.9 Å². The minimum absolute atomic E-state index is 0. The number of carbonyl (C=O) groups is 8. The number of esters is 3. The summed E-state index contributed by atoms with van der Waals surface area (Å²) in [5.74, 6) is -2.41. The summed E-state index contributed by atoms with van der Waals surface area (Å²) in [6, 6.07) is 57.9. The molecule has 641 valence electrons. The van der Waals surface area contributed by atoms with Crippen molar-refractivity contribution in [3.8, 4) is 11.4 Å². The van der Waals surface area contributed by atoms with Gasteiger partial charge >= 0.3 is 123 Å². The van der Waals surface area contributed by atoms with Gasteiger partial charge in [-0.1, -0.05) is 131 Å². The Morgan fingerprint density at radius 2 is 0.889 bits per heavy atom. The number of alkyl halides is 1. The molecule has 0 spiro atoms. The van der Waals surface area contributed by atoms with Crippen molar-refractivity contribution in [2.24, 2.45) is 0 Å². The van der Waals surface area contributed by atoms with Gasteiger partial charge in [-0.05, 0) is 142 Å². The number of aldehydes is 1. The number of ether oxygens (including phenoxy) is 3. The molecule has 9 N–H and O–H groups in total. The number of amides is 1. The molecule has 3 saturated carbocycles. The molecule has 0 atom stereocenters. The first-order chi connectivity index (χ1) is 58.7. The maximum atomic E-state index is 13.0. The molecule has 3 fully saturated rings. The van der Waals surface area contributed by atoms with E-state index < -0.39 is 23.9 Å². The summed E-state index contributed by atoms with van der Waals surface area (Å²) in [4.78, 5) is 124.